The number of nitrogens with zero attached hydrogens (tertiary/aromatic N) is 1. The molecule has 0 fully saturated rings. The predicted octanol–water partition coefficient (Wildman–Crippen LogP) is 2.27. The van der Waals surface area contributed by atoms with E-state index in [4.69, 9.17) is 4.74 Å². The molecule has 0 saturated heterocycles. The summed E-state index contributed by atoms with van der Waals surface area (Å²) in [6.45, 7) is 2.21. The quantitative estimate of drug-likeness (QED) is 0.805. The second-order valence-corrected chi connectivity index (χ2v) is 7.01. The van der Waals surface area contributed by atoms with E-state index >= 15 is 0 Å². The monoisotopic (exact) mass is 381 g/mol. The Kier molecular flexibility index (Phi) is 6.31. The lowest BCUT2D eigenvalue weighted by Gasteiger charge is -2.27. The number of aryl methyl sites for hydroxylation is 1. The molecule has 6 heteroatoms. The van der Waals surface area contributed by atoms with E-state index in [-0.39, 0.29) is 17.9 Å². The molecule has 2 aromatic rings. The zero-order chi connectivity index (χ0) is 20.1. The molecule has 28 heavy (non-hydrogen) atoms. The van der Waals surface area contributed by atoms with E-state index in [2.05, 4.69) is 10.6 Å². The number of nitrogens with one attached hydrogen (secondary N) is 2. The molecule has 0 unspecified atom stereocenters. The number of rotatable bonds is 6. The van der Waals surface area contributed by atoms with E-state index in [1.165, 1.54) is 0 Å². The zero-order valence-electron chi connectivity index (χ0n) is 16.6. The highest BCUT2D eigenvalue weighted by atomic mass is 16.5. The molecular weight excluding hydrogens is 354 g/mol. The van der Waals surface area contributed by atoms with Gasteiger partial charge in [-0.05, 0) is 44.0 Å². The van der Waals surface area contributed by atoms with Crippen molar-refractivity contribution in [1.82, 2.24) is 10.6 Å². The number of hydrogen-bond acceptors (Lipinski definition) is 4. The molecule has 2 N–H and O–H groups in total. The fourth-order valence-corrected chi connectivity index (χ4v) is 3.35. The SMILES string of the molecule is CN[C@@H](C)C(=O)N[C@H]1CCc2ccc(OC)cc2N(Cc2ccccc2)C1=O. The van der Waals surface area contributed by atoms with E-state index in [9.17, 15) is 9.59 Å². The first-order valence-corrected chi connectivity index (χ1v) is 9.53. The van der Waals surface area contributed by atoms with Gasteiger partial charge in [-0.15, -0.1) is 0 Å². The molecule has 2 atom stereocenters. The van der Waals surface area contributed by atoms with Crippen molar-refractivity contribution in [2.24, 2.45) is 0 Å². The van der Waals surface area contributed by atoms with Crippen LogP contribution in [0.15, 0.2) is 48.5 Å². The molecule has 3 rings (SSSR count). The number of likely N-dealkylation sites (N-methyl/N-ethyl adjacent to an activating group) is 1. The number of benzene rings is 2. The van der Waals surface area contributed by atoms with E-state index < -0.39 is 6.04 Å². The maximum atomic E-state index is 13.4. The van der Waals surface area contributed by atoms with Crippen molar-refractivity contribution >= 4 is 17.5 Å². The molecular formula is C22H27N3O3. The van der Waals surface area contributed by atoms with Crippen molar-refractivity contribution in [3.63, 3.8) is 0 Å². The molecule has 1 aliphatic heterocycles. The Morgan fingerprint density at radius 2 is 2.00 bits per heavy atom. The average Bonchev–Trinajstić information content (AvgIpc) is 2.85. The third-order valence-electron chi connectivity index (χ3n) is 5.18. The van der Waals surface area contributed by atoms with Crippen LogP contribution in [0.1, 0.15) is 24.5 Å². The molecule has 1 aliphatic rings. The van der Waals surface area contributed by atoms with Crippen LogP contribution < -0.4 is 20.3 Å². The van der Waals surface area contributed by atoms with Crippen molar-refractivity contribution in [1.29, 1.82) is 0 Å². The van der Waals surface area contributed by atoms with Crippen LogP contribution in [-0.4, -0.2) is 38.1 Å². The van der Waals surface area contributed by atoms with Crippen molar-refractivity contribution in [2.75, 3.05) is 19.1 Å². The Hall–Kier alpha value is -2.86. The van der Waals surface area contributed by atoms with Crippen LogP contribution in [0.4, 0.5) is 5.69 Å². The third kappa shape index (κ3) is 4.34. The molecule has 148 valence electrons. The van der Waals surface area contributed by atoms with Crippen molar-refractivity contribution in [2.45, 2.75) is 38.4 Å². The van der Waals surface area contributed by atoms with Gasteiger partial charge in [-0.25, -0.2) is 0 Å². The van der Waals surface area contributed by atoms with Crippen LogP contribution in [-0.2, 0) is 22.6 Å². The van der Waals surface area contributed by atoms with Gasteiger partial charge in [-0.3, -0.25) is 9.59 Å². The molecule has 0 spiro atoms. The Labute approximate surface area is 165 Å². The van der Waals surface area contributed by atoms with Crippen molar-refractivity contribution in [3.05, 3.63) is 59.7 Å². The normalized spacial score (nSPS) is 17.5. The number of hydrogen-bond donors (Lipinski definition) is 2. The van der Waals surface area contributed by atoms with Gasteiger partial charge in [0.2, 0.25) is 11.8 Å². The zero-order valence-corrected chi connectivity index (χ0v) is 16.6. The van der Waals surface area contributed by atoms with Gasteiger partial charge < -0.3 is 20.3 Å². The van der Waals surface area contributed by atoms with Crippen LogP contribution in [0.25, 0.3) is 0 Å². The van der Waals surface area contributed by atoms with Gasteiger partial charge in [-0.2, -0.15) is 0 Å². The average molecular weight is 381 g/mol. The third-order valence-corrected chi connectivity index (χ3v) is 5.18. The molecule has 6 nitrogen and oxygen atoms in total. The maximum absolute atomic E-state index is 13.4. The summed E-state index contributed by atoms with van der Waals surface area (Å²) in [6.07, 6.45) is 1.26. The smallest absolute Gasteiger partial charge is 0.249 e. The number of fused-ring (bicyclic) bond motifs is 1. The standard InChI is InChI=1S/C22H27N3O3/c1-15(23-2)21(26)24-19-12-10-17-9-11-18(28-3)13-20(17)25(22(19)27)14-16-7-5-4-6-8-16/h4-9,11,13,15,19,23H,10,12,14H2,1-3H3,(H,24,26)/t15-,19-/m0/s1. The summed E-state index contributed by atoms with van der Waals surface area (Å²) in [6, 6.07) is 14.7. The molecule has 0 saturated carbocycles. The lowest BCUT2D eigenvalue weighted by atomic mass is 10.1. The minimum Gasteiger partial charge on any atom is -0.497 e. The van der Waals surface area contributed by atoms with Crippen LogP contribution in [0.5, 0.6) is 5.75 Å². The van der Waals surface area contributed by atoms with Crippen LogP contribution >= 0.6 is 0 Å². The van der Waals surface area contributed by atoms with Crippen molar-refractivity contribution in [3.8, 4) is 5.75 Å². The second kappa shape index (κ2) is 8.89. The fraction of sp³-hybridized carbons (Fsp3) is 0.364. The highest BCUT2D eigenvalue weighted by molar-refractivity contribution is 6.01. The molecule has 0 aromatic heterocycles. The Bertz CT molecular complexity index is 838. The Balaban J connectivity index is 1.95. The van der Waals surface area contributed by atoms with E-state index in [1.54, 1.807) is 26.0 Å². The summed E-state index contributed by atoms with van der Waals surface area (Å²) in [5.41, 5.74) is 2.94. The number of carbonyl (C=O) groups is 2. The van der Waals surface area contributed by atoms with Crippen LogP contribution in [0.3, 0.4) is 0 Å². The summed E-state index contributed by atoms with van der Waals surface area (Å²) >= 11 is 0. The maximum Gasteiger partial charge on any atom is 0.249 e. The van der Waals surface area contributed by atoms with Gasteiger partial charge in [0.05, 0.1) is 25.4 Å². The first kappa shape index (κ1) is 19.9. The highest BCUT2D eigenvalue weighted by Gasteiger charge is 2.32. The first-order chi connectivity index (χ1) is 13.5. The van der Waals surface area contributed by atoms with Gasteiger partial charge in [-0.1, -0.05) is 36.4 Å². The highest BCUT2D eigenvalue weighted by Crippen LogP contribution is 2.32. The first-order valence-electron chi connectivity index (χ1n) is 9.53. The number of carbonyl (C=O) groups excluding carboxylic acids is 2. The molecule has 2 aromatic carbocycles. The minimum absolute atomic E-state index is 0.104. The Morgan fingerprint density at radius 3 is 2.68 bits per heavy atom. The van der Waals surface area contributed by atoms with Crippen molar-refractivity contribution < 1.29 is 14.3 Å². The fourth-order valence-electron chi connectivity index (χ4n) is 3.35. The van der Waals surface area contributed by atoms with Gasteiger partial charge >= 0.3 is 0 Å². The number of ether oxygens (including phenoxy) is 1. The van der Waals surface area contributed by atoms with E-state index in [0.29, 0.717) is 25.1 Å². The molecule has 0 radical (unpaired) electrons. The molecule has 2 amide bonds. The summed E-state index contributed by atoms with van der Waals surface area (Å²) in [5.74, 6) is 0.424. The number of amides is 2. The van der Waals surface area contributed by atoms with E-state index in [0.717, 1.165) is 16.8 Å². The second-order valence-electron chi connectivity index (χ2n) is 7.01. The van der Waals surface area contributed by atoms with Gasteiger partial charge in [0.1, 0.15) is 11.8 Å². The molecule has 1 heterocycles. The van der Waals surface area contributed by atoms with Crippen LogP contribution in [0.2, 0.25) is 0 Å². The Morgan fingerprint density at radius 1 is 1.25 bits per heavy atom. The molecule has 0 bridgehead atoms. The summed E-state index contributed by atoms with van der Waals surface area (Å²) in [4.78, 5) is 27.5. The van der Waals surface area contributed by atoms with Gasteiger partial charge in [0, 0.05) is 6.07 Å². The summed E-state index contributed by atoms with van der Waals surface area (Å²) < 4.78 is 5.38. The topological polar surface area (TPSA) is 70.7 Å². The summed E-state index contributed by atoms with van der Waals surface area (Å²) in [5, 5.41) is 5.83. The number of methoxy groups -OCH3 is 1. The summed E-state index contributed by atoms with van der Waals surface area (Å²) in [7, 11) is 3.34. The lowest BCUT2D eigenvalue weighted by Crippen LogP contribution is -2.52. The van der Waals surface area contributed by atoms with Gasteiger partial charge in [0.15, 0.2) is 0 Å². The van der Waals surface area contributed by atoms with Crippen LogP contribution in [0, 0.1) is 0 Å². The van der Waals surface area contributed by atoms with Gasteiger partial charge in [0.25, 0.3) is 0 Å². The van der Waals surface area contributed by atoms with E-state index in [1.807, 2.05) is 48.5 Å². The number of anilines is 1. The molecule has 0 aliphatic carbocycles. The predicted molar refractivity (Wildman–Crippen MR) is 109 cm³/mol. The largest absolute Gasteiger partial charge is 0.497 e. The minimum atomic E-state index is -0.564. The lowest BCUT2D eigenvalue weighted by molar-refractivity contribution is -0.128.